The fourth-order valence-corrected chi connectivity index (χ4v) is 5.85. The summed E-state index contributed by atoms with van der Waals surface area (Å²) in [6, 6.07) is 14.8. The third-order valence-electron chi connectivity index (χ3n) is 7.26. The summed E-state index contributed by atoms with van der Waals surface area (Å²) in [6.45, 7) is 10.3. The van der Waals surface area contributed by atoms with Gasteiger partial charge in [-0.2, -0.15) is 0 Å². The van der Waals surface area contributed by atoms with Crippen molar-refractivity contribution >= 4 is 12.1 Å². The Kier molecular flexibility index (Phi) is 8.61. The van der Waals surface area contributed by atoms with E-state index in [-0.39, 0.29) is 19.1 Å². The Balaban J connectivity index is 1.66. The number of fused-ring (bicyclic) bond motifs is 3. The number of hydrogen-bond acceptors (Lipinski definition) is 7. The van der Waals surface area contributed by atoms with Crippen LogP contribution in [0.15, 0.2) is 48.5 Å². The Morgan fingerprint density at radius 2 is 1.45 bits per heavy atom. The number of carboxylic acid groups (broad SMARTS) is 1. The molecule has 1 amide bonds. The molecule has 40 heavy (non-hydrogen) atoms. The van der Waals surface area contributed by atoms with Gasteiger partial charge in [0.15, 0.2) is 0 Å². The molecule has 1 heterocycles. The molecule has 4 rings (SSSR count). The minimum absolute atomic E-state index is 0.00128. The summed E-state index contributed by atoms with van der Waals surface area (Å²) in [4.78, 5) is 27.5. The first-order chi connectivity index (χ1) is 18.7. The smallest absolute Gasteiger partial charge is 0.410 e. The monoisotopic (exact) mass is 555 g/mol. The molecule has 0 aromatic heterocycles. The Bertz CT molecular complexity index is 1170. The molecule has 0 radical (unpaired) electrons. The highest BCUT2D eigenvalue weighted by molar-refractivity contribution is 5.79. The molecule has 1 saturated heterocycles. The normalized spacial score (nSPS) is 22.5. The highest BCUT2D eigenvalue weighted by Crippen LogP contribution is 2.45. The average Bonchev–Trinajstić information content (AvgIpc) is 3.36. The predicted molar refractivity (Wildman–Crippen MR) is 149 cm³/mol. The van der Waals surface area contributed by atoms with Crippen molar-refractivity contribution in [2.45, 2.75) is 83.0 Å². The lowest BCUT2D eigenvalue weighted by Gasteiger charge is -2.37. The summed E-state index contributed by atoms with van der Waals surface area (Å²) < 4.78 is 18.5. The lowest BCUT2D eigenvalue weighted by Crippen LogP contribution is -2.54. The molecule has 2 aliphatic rings. The van der Waals surface area contributed by atoms with Crippen molar-refractivity contribution in [1.82, 2.24) is 4.90 Å². The van der Waals surface area contributed by atoms with Crippen molar-refractivity contribution in [1.29, 1.82) is 0 Å². The lowest BCUT2D eigenvalue weighted by atomic mass is 9.89. The summed E-state index contributed by atoms with van der Waals surface area (Å²) in [5.74, 6) is -3.08. The van der Waals surface area contributed by atoms with Crippen molar-refractivity contribution < 1.29 is 39.1 Å². The highest BCUT2D eigenvalue weighted by atomic mass is 16.6. The number of aliphatic hydroxyl groups excluding tert-OH is 2. The van der Waals surface area contributed by atoms with E-state index in [9.17, 15) is 24.9 Å². The van der Waals surface area contributed by atoms with E-state index in [1.54, 1.807) is 0 Å². The van der Waals surface area contributed by atoms with Gasteiger partial charge >= 0.3 is 12.1 Å². The number of carbonyl (C=O) groups is 2. The number of aliphatic carboxylic acids is 1. The highest BCUT2D eigenvalue weighted by Gasteiger charge is 2.55. The molecule has 218 valence electrons. The van der Waals surface area contributed by atoms with Gasteiger partial charge in [0.2, 0.25) is 0 Å². The molecule has 0 bridgehead atoms. The largest absolute Gasteiger partial charge is 0.481 e. The van der Waals surface area contributed by atoms with Crippen LogP contribution in [0.5, 0.6) is 0 Å². The fraction of sp³-hybridized carbons (Fsp3) is 0.548. The number of rotatable bonds is 8. The molecule has 1 aliphatic heterocycles. The van der Waals surface area contributed by atoms with Crippen LogP contribution in [0.1, 0.15) is 58.6 Å². The van der Waals surface area contributed by atoms with E-state index < -0.39 is 60.1 Å². The topological polar surface area (TPSA) is 126 Å². The molecule has 9 nitrogen and oxygen atoms in total. The van der Waals surface area contributed by atoms with Gasteiger partial charge in [-0.1, -0.05) is 48.5 Å². The van der Waals surface area contributed by atoms with Gasteiger partial charge in [0.25, 0.3) is 0 Å². The first kappa shape index (κ1) is 30.0. The molecule has 9 heteroatoms. The summed E-state index contributed by atoms with van der Waals surface area (Å²) in [7, 11) is 0. The van der Waals surface area contributed by atoms with Gasteiger partial charge in [-0.05, 0) is 63.8 Å². The zero-order valence-corrected chi connectivity index (χ0v) is 24.0. The second kappa shape index (κ2) is 11.5. The van der Waals surface area contributed by atoms with E-state index in [1.165, 1.54) is 4.90 Å². The van der Waals surface area contributed by atoms with Crippen LogP contribution in [0.25, 0.3) is 11.1 Å². The van der Waals surface area contributed by atoms with E-state index in [1.807, 2.05) is 90.1 Å². The van der Waals surface area contributed by atoms with E-state index in [0.29, 0.717) is 0 Å². The van der Waals surface area contributed by atoms with Gasteiger partial charge < -0.3 is 29.5 Å². The third kappa shape index (κ3) is 6.33. The van der Waals surface area contributed by atoms with Crippen LogP contribution in [0.4, 0.5) is 4.79 Å². The minimum atomic E-state index is -1.63. The Labute approximate surface area is 235 Å². The summed E-state index contributed by atoms with van der Waals surface area (Å²) in [5, 5.41) is 30.5. The van der Waals surface area contributed by atoms with Crippen LogP contribution in [-0.4, -0.2) is 87.6 Å². The molecule has 3 N–H and O–H groups in total. The van der Waals surface area contributed by atoms with Crippen LogP contribution in [0.3, 0.4) is 0 Å². The number of aliphatic hydroxyl groups is 2. The summed E-state index contributed by atoms with van der Waals surface area (Å²) in [5.41, 5.74) is 2.94. The summed E-state index contributed by atoms with van der Waals surface area (Å²) >= 11 is 0. The van der Waals surface area contributed by atoms with Gasteiger partial charge in [0, 0.05) is 5.92 Å². The first-order valence-corrected chi connectivity index (χ1v) is 13.7. The molecular weight excluding hydrogens is 514 g/mol. The van der Waals surface area contributed by atoms with Crippen molar-refractivity contribution in [3.63, 3.8) is 0 Å². The molecule has 0 saturated carbocycles. The third-order valence-corrected chi connectivity index (χ3v) is 7.26. The molecule has 0 unspecified atom stereocenters. The number of benzene rings is 2. The van der Waals surface area contributed by atoms with Gasteiger partial charge in [-0.25, -0.2) is 4.79 Å². The zero-order chi connectivity index (χ0) is 29.4. The van der Waals surface area contributed by atoms with E-state index in [4.69, 9.17) is 14.2 Å². The number of nitrogens with zero attached hydrogens (tertiary/aromatic N) is 1. The number of hydrogen-bond donors (Lipinski definition) is 3. The van der Waals surface area contributed by atoms with E-state index >= 15 is 0 Å². The number of carbonyl (C=O) groups excluding carboxylic acids is 1. The predicted octanol–water partition coefficient (Wildman–Crippen LogP) is 4.04. The van der Waals surface area contributed by atoms with Gasteiger partial charge in [0.05, 0.1) is 36.5 Å². The molecule has 1 fully saturated rings. The zero-order valence-electron chi connectivity index (χ0n) is 24.0. The quantitative estimate of drug-likeness (QED) is 0.446. The fourth-order valence-electron chi connectivity index (χ4n) is 5.85. The minimum Gasteiger partial charge on any atom is -0.481 e. The van der Waals surface area contributed by atoms with Crippen molar-refractivity contribution in [2.24, 2.45) is 5.92 Å². The van der Waals surface area contributed by atoms with Crippen LogP contribution in [-0.2, 0) is 19.0 Å². The van der Waals surface area contributed by atoms with Crippen LogP contribution >= 0.6 is 0 Å². The number of ether oxygens (including phenoxy) is 3. The molecule has 5 atom stereocenters. The van der Waals surface area contributed by atoms with Crippen LogP contribution in [0.2, 0.25) is 0 Å². The Morgan fingerprint density at radius 1 is 0.925 bits per heavy atom. The molecule has 2 aromatic rings. The lowest BCUT2D eigenvalue weighted by molar-refractivity contribution is -0.169. The van der Waals surface area contributed by atoms with Gasteiger partial charge in [-0.3, -0.25) is 9.69 Å². The number of amides is 1. The molecule has 2 aromatic carbocycles. The molecule has 1 aliphatic carbocycles. The standard InChI is InChI=1S/C31H41NO8/c1-30(2,3)39-24-15-32(26(27(24)40-31(4,5)6)25(28(35)36)23(34)16-33)29(37)38-17-22-20-13-9-7-11-18(20)19-12-8-10-14-21(19)22/h7-14,22-27,33-34H,15-17H2,1-6H3,(H,35,36)/t23-,24+,25+,26+,27-/m1/s1. The van der Waals surface area contributed by atoms with Crippen molar-refractivity contribution in [3.8, 4) is 11.1 Å². The van der Waals surface area contributed by atoms with Gasteiger partial charge in [-0.15, -0.1) is 0 Å². The Hall–Kier alpha value is -2.98. The maximum atomic E-state index is 13.8. The second-order valence-electron chi connectivity index (χ2n) is 12.5. The van der Waals surface area contributed by atoms with E-state index in [2.05, 4.69) is 0 Å². The maximum absolute atomic E-state index is 13.8. The first-order valence-electron chi connectivity index (χ1n) is 13.7. The Morgan fingerprint density at radius 3 is 1.93 bits per heavy atom. The number of carboxylic acids is 1. The summed E-state index contributed by atoms with van der Waals surface area (Å²) in [6.07, 6.45) is -3.96. The molecule has 0 spiro atoms. The maximum Gasteiger partial charge on any atom is 0.410 e. The van der Waals surface area contributed by atoms with E-state index in [0.717, 1.165) is 22.3 Å². The second-order valence-corrected chi connectivity index (χ2v) is 12.5. The SMILES string of the molecule is CC(C)(C)O[C@H]1[C@H]([C@@H](C(=O)O)[C@H](O)CO)N(C(=O)OCC2c3ccccc3-c3ccccc32)C[C@@H]1OC(C)(C)C. The van der Waals surface area contributed by atoms with Crippen molar-refractivity contribution in [2.75, 3.05) is 19.8 Å². The average molecular weight is 556 g/mol. The van der Waals surface area contributed by atoms with Crippen molar-refractivity contribution in [3.05, 3.63) is 59.7 Å². The van der Waals surface area contributed by atoms with Crippen LogP contribution in [0, 0.1) is 5.92 Å². The van der Waals surface area contributed by atoms with Crippen LogP contribution < -0.4 is 0 Å². The van der Waals surface area contributed by atoms with Gasteiger partial charge in [0.1, 0.15) is 24.7 Å². The number of likely N-dealkylation sites (tertiary alicyclic amines) is 1. The molecular formula is C31H41NO8.